The Morgan fingerprint density at radius 3 is 2.80 bits per heavy atom. The van der Waals surface area contributed by atoms with Gasteiger partial charge in [-0.2, -0.15) is 11.8 Å². The molecule has 3 heteroatoms. The first-order chi connectivity index (χ1) is 7.13. The van der Waals surface area contributed by atoms with Gasteiger partial charge in [0.15, 0.2) is 0 Å². The largest absolute Gasteiger partial charge is 0.399 e. The maximum atomic E-state index is 5.77. The highest BCUT2D eigenvalue weighted by molar-refractivity contribution is 7.98. The number of anilines is 2. The Morgan fingerprint density at radius 2 is 2.20 bits per heavy atom. The number of aryl methyl sites for hydroxylation is 1. The summed E-state index contributed by atoms with van der Waals surface area (Å²) in [5.74, 6) is 1.20. The van der Waals surface area contributed by atoms with Crippen molar-refractivity contribution in [2.24, 2.45) is 0 Å². The van der Waals surface area contributed by atoms with Crippen LogP contribution in [-0.4, -0.2) is 18.1 Å². The fourth-order valence-electron chi connectivity index (χ4n) is 1.42. The molecule has 0 aromatic heterocycles. The molecule has 0 fully saturated rings. The number of hydrogen-bond donors (Lipinski definition) is 2. The van der Waals surface area contributed by atoms with E-state index in [0.29, 0.717) is 6.04 Å². The normalized spacial score (nSPS) is 12.5. The Morgan fingerprint density at radius 1 is 1.47 bits per heavy atom. The van der Waals surface area contributed by atoms with E-state index in [1.165, 1.54) is 12.2 Å². The number of rotatable bonds is 5. The van der Waals surface area contributed by atoms with Crippen molar-refractivity contribution in [1.29, 1.82) is 0 Å². The first-order valence-corrected chi connectivity index (χ1v) is 6.64. The van der Waals surface area contributed by atoms with E-state index >= 15 is 0 Å². The maximum absolute atomic E-state index is 5.77. The summed E-state index contributed by atoms with van der Waals surface area (Å²) < 4.78 is 0. The zero-order chi connectivity index (χ0) is 11.3. The molecule has 0 aliphatic rings. The maximum Gasteiger partial charge on any atom is 0.0346 e. The zero-order valence-corrected chi connectivity index (χ0v) is 10.5. The summed E-state index contributed by atoms with van der Waals surface area (Å²) in [6.45, 7) is 4.25. The third-order valence-corrected chi connectivity index (χ3v) is 3.08. The van der Waals surface area contributed by atoms with Gasteiger partial charge in [-0.25, -0.2) is 0 Å². The number of nitrogen functional groups attached to an aromatic ring is 1. The lowest BCUT2D eigenvalue weighted by Gasteiger charge is -2.15. The first kappa shape index (κ1) is 12.2. The fraction of sp³-hybridized carbons (Fsp3) is 0.500. The summed E-state index contributed by atoms with van der Waals surface area (Å²) in [7, 11) is 0. The molecule has 0 aliphatic carbocycles. The van der Waals surface area contributed by atoms with E-state index in [9.17, 15) is 0 Å². The summed E-state index contributed by atoms with van der Waals surface area (Å²) in [6, 6.07) is 6.61. The number of nitrogens with two attached hydrogens (primary N) is 1. The van der Waals surface area contributed by atoms with Crippen LogP contribution in [0.1, 0.15) is 18.9 Å². The SMILES string of the molecule is CSCCC(C)Nc1ccc(N)c(C)c1. The second kappa shape index (κ2) is 5.91. The second-order valence-electron chi connectivity index (χ2n) is 3.90. The molecule has 0 spiro atoms. The van der Waals surface area contributed by atoms with Gasteiger partial charge in [0, 0.05) is 17.4 Å². The highest BCUT2D eigenvalue weighted by Gasteiger charge is 2.02. The Labute approximate surface area is 96.6 Å². The molecule has 0 saturated heterocycles. The van der Waals surface area contributed by atoms with Crippen LogP contribution in [0.15, 0.2) is 18.2 Å². The Balaban J connectivity index is 2.53. The van der Waals surface area contributed by atoms with Gasteiger partial charge in [0.2, 0.25) is 0 Å². The standard InChI is InChI=1S/C12H20N2S/c1-9-8-11(4-5-12(9)13)14-10(2)6-7-15-3/h4-5,8,10,14H,6-7,13H2,1-3H3. The second-order valence-corrected chi connectivity index (χ2v) is 4.88. The lowest BCUT2D eigenvalue weighted by atomic mass is 10.1. The fourth-order valence-corrected chi connectivity index (χ4v) is 2.01. The average Bonchev–Trinajstić information content (AvgIpc) is 2.20. The van der Waals surface area contributed by atoms with Crippen molar-refractivity contribution in [1.82, 2.24) is 0 Å². The van der Waals surface area contributed by atoms with E-state index in [0.717, 1.165) is 16.9 Å². The van der Waals surface area contributed by atoms with Crippen LogP contribution >= 0.6 is 11.8 Å². The monoisotopic (exact) mass is 224 g/mol. The minimum atomic E-state index is 0.514. The van der Waals surface area contributed by atoms with Crippen LogP contribution in [0, 0.1) is 6.92 Å². The predicted molar refractivity (Wildman–Crippen MR) is 71.7 cm³/mol. The Bertz CT molecular complexity index is 312. The Hall–Kier alpha value is -0.830. The lowest BCUT2D eigenvalue weighted by molar-refractivity contribution is 0.772. The number of hydrogen-bond acceptors (Lipinski definition) is 3. The van der Waals surface area contributed by atoms with Crippen LogP contribution < -0.4 is 11.1 Å². The number of benzene rings is 1. The molecule has 15 heavy (non-hydrogen) atoms. The van der Waals surface area contributed by atoms with Crippen molar-refractivity contribution in [2.45, 2.75) is 26.3 Å². The first-order valence-electron chi connectivity index (χ1n) is 5.25. The molecule has 0 heterocycles. The van der Waals surface area contributed by atoms with Gasteiger partial charge < -0.3 is 11.1 Å². The van der Waals surface area contributed by atoms with E-state index in [2.05, 4.69) is 24.6 Å². The van der Waals surface area contributed by atoms with Crippen LogP contribution in [-0.2, 0) is 0 Å². The molecule has 0 bridgehead atoms. The van der Waals surface area contributed by atoms with E-state index in [1.807, 2.05) is 30.8 Å². The van der Waals surface area contributed by atoms with Crippen molar-refractivity contribution >= 4 is 23.1 Å². The molecule has 84 valence electrons. The average molecular weight is 224 g/mol. The van der Waals surface area contributed by atoms with Gasteiger partial charge in [-0.05, 0) is 56.0 Å². The Kier molecular flexibility index (Phi) is 4.82. The minimum Gasteiger partial charge on any atom is -0.399 e. The van der Waals surface area contributed by atoms with Crippen molar-refractivity contribution < 1.29 is 0 Å². The molecule has 1 unspecified atom stereocenters. The lowest BCUT2D eigenvalue weighted by Crippen LogP contribution is -2.15. The molecule has 0 radical (unpaired) electrons. The van der Waals surface area contributed by atoms with Gasteiger partial charge in [0.05, 0.1) is 0 Å². The minimum absolute atomic E-state index is 0.514. The van der Waals surface area contributed by atoms with Gasteiger partial charge in [-0.15, -0.1) is 0 Å². The molecular formula is C12H20N2S. The molecule has 2 nitrogen and oxygen atoms in total. The molecule has 1 aromatic carbocycles. The quantitative estimate of drug-likeness (QED) is 0.755. The topological polar surface area (TPSA) is 38.0 Å². The molecule has 0 amide bonds. The van der Waals surface area contributed by atoms with Crippen molar-refractivity contribution in [3.05, 3.63) is 23.8 Å². The van der Waals surface area contributed by atoms with Crippen molar-refractivity contribution in [2.75, 3.05) is 23.1 Å². The van der Waals surface area contributed by atoms with Gasteiger partial charge in [-0.1, -0.05) is 0 Å². The van der Waals surface area contributed by atoms with E-state index in [1.54, 1.807) is 0 Å². The zero-order valence-electron chi connectivity index (χ0n) is 9.71. The summed E-state index contributed by atoms with van der Waals surface area (Å²) in [5, 5.41) is 3.48. The van der Waals surface area contributed by atoms with Crippen LogP contribution in [0.25, 0.3) is 0 Å². The van der Waals surface area contributed by atoms with Gasteiger partial charge >= 0.3 is 0 Å². The predicted octanol–water partition coefficient (Wildman–Crippen LogP) is 3.13. The summed E-state index contributed by atoms with van der Waals surface area (Å²) >= 11 is 1.89. The highest BCUT2D eigenvalue weighted by Crippen LogP contribution is 2.18. The molecule has 1 rings (SSSR count). The van der Waals surface area contributed by atoms with Crippen LogP contribution in [0.2, 0.25) is 0 Å². The van der Waals surface area contributed by atoms with Crippen LogP contribution in [0.4, 0.5) is 11.4 Å². The van der Waals surface area contributed by atoms with Crippen molar-refractivity contribution in [3.63, 3.8) is 0 Å². The summed E-state index contributed by atoms with van der Waals surface area (Å²) in [5.41, 5.74) is 8.93. The smallest absolute Gasteiger partial charge is 0.0346 e. The van der Waals surface area contributed by atoms with E-state index in [4.69, 9.17) is 5.73 Å². The molecule has 0 aliphatic heterocycles. The summed E-state index contributed by atoms with van der Waals surface area (Å²) in [4.78, 5) is 0. The molecule has 3 N–H and O–H groups in total. The van der Waals surface area contributed by atoms with E-state index < -0.39 is 0 Å². The highest BCUT2D eigenvalue weighted by atomic mass is 32.2. The third kappa shape index (κ3) is 4.04. The van der Waals surface area contributed by atoms with Crippen molar-refractivity contribution in [3.8, 4) is 0 Å². The van der Waals surface area contributed by atoms with Crippen LogP contribution in [0.5, 0.6) is 0 Å². The summed E-state index contributed by atoms with van der Waals surface area (Å²) in [6.07, 6.45) is 3.32. The molecule has 0 saturated carbocycles. The molecular weight excluding hydrogens is 204 g/mol. The van der Waals surface area contributed by atoms with Gasteiger partial charge in [0.25, 0.3) is 0 Å². The van der Waals surface area contributed by atoms with Crippen LogP contribution in [0.3, 0.4) is 0 Å². The third-order valence-electron chi connectivity index (χ3n) is 2.44. The molecule has 1 aromatic rings. The van der Waals surface area contributed by atoms with E-state index in [-0.39, 0.29) is 0 Å². The van der Waals surface area contributed by atoms with Gasteiger partial charge in [-0.3, -0.25) is 0 Å². The van der Waals surface area contributed by atoms with Gasteiger partial charge in [0.1, 0.15) is 0 Å². The molecule has 1 atom stereocenters. The number of nitrogens with one attached hydrogen (secondary N) is 1. The number of thioether (sulfide) groups is 1.